The summed E-state index contributed by atoms with van der Waals surface area (Å²) in [7, 11) is 0. The molecule has 1 aromatic rings. The molecule has 0 bridgehead atoms. The molecule has 0 spiro atoms. The van der Waals surface area contributed by atoms with Gasteiger partial charge in [0, 0.05) is 0 Å². The van der Waals surface area contributed by atoms with Gasteiger partial charge in [-0.15, -0.1) is 11.3 Å². The summed E-state index contributed by atoms with van der Waals surface area (Å²) in [5.74, 6) is -3.10. The van der Waals surface area contributed by atoms with Crippen LogP contribution in [0.1, 0.15) is 15.2 Å². The lowest BCUT2D eigenvalue weighted by Crippen LogP contribution is -2.39. The van der Waals surface area contributed by atoms with Gasteiger partial charge in [0.15, 0.2) is 0 Å². The van der Waals surface area contributed by atoms with E-state index in [4.69, 9.17) is 10.2 Å². The van der Waals surface area contributed by atoms with Gasteiger partial charge in [-0.3, -0.25) is 14.4 Å². The van der Waals surface area contributed by atoms with Crippen LogP contribution in [0.15, 0.2) is 9.85 Å². The lowest BCUT2D eigenvalue weighted by molar-refractivity contribution is -0.140. The van der Waals surface area contributed by atoms with Crippen molar-refractivity contribution in [3.05, 3.63) is 20.3 Å². The standard InChI is InChI=1S/C10H10BrNO5S/c1-5-2-6(18-9(5)11)10(17)12(3-7(13)14)4-8(15)16/h2H,3-4H2,1H3,(H,13,14)(H,15,16). The molecule has 0 saturated carbocycles. The molecule has 0 fully saturated rings. The van der Waals surface area contributed by atoms with Crippen molar-refractivity contribution in [2.45, 2.75) is 6.92 Å². The van der Waals surface area contributed by atoms with E-state index < -0.39 is 30.9 Å². The minimum Gasteiger partial charge on any atom is -0.480 e. The number of aliphatic carboxylic acids is 2. The number of carbonyl (C=O) groups is 3. The van der Waals surface area contributed by atoms with Gasteiger partial charge in [-0.2, -0.15) is 0 Å². The molecule has 98 valence electrons. The monoisotopic (exact) mass is 335 g/mol. The average Bonchev–Trinajstić information content (AvgIpc) is 2.56. The van der Waals surface area contributed by atoms with Crippen molar-refractivity contribution in [1.29, 1.82) is 0 Å². The molecule has 0 aromatic carbocycles. The molecule has 1 aromatic heterocycles. The second-order valence-electron chi connectivity index (χ2n) is 3.52. The number of hydrogen-bond acceptors (Lipinski definition) is 4. The number of carboxylic acids is 2. The van der Waals surface area contributed by atoms with Crippen molar-refractivity contribution in [1.82, 2.24) is 4.90 Å². The van der Waals surface area contributed by atoms with Crippen LogP contribution in [0, 0.1) is 6.92 Å². The van der Waals surface area contributed by atoms with Crippen LogP contribution in [-0.4, -0.2) is 46.0 Å². The smallest absolute Gasteiger partial charge is 0.323 e. The van der Waals surface area contributed by atoms with Crippen LogP contribution in [-0.2, 0) is 9.59 Å². The van der Waals surface area contributed by atoms with Crippen molar-refractivity contribution in [2.24, 2.45) is 0 Å². The molecule has 6 nitrogen and oxygen atoms in total. The summed E-state index contributed by atoms with van der Waals surface area (Å²) in [6.45, 7) is 0.509. The Hall–Kier alpha value is -1.41. The molecule has 0 saturated heterocycles. The highest BCUT2D eigenvalue weighted by Gasteiger charge is 2.23. The molecule has 1 rings (SSSR count). The quantitative estimate of drug-likeness (QED) is 0.848. The van der Waals surface area contributed by atoms with Crippen LogP contribution in [0.3, 0.4) is 0 Å². The Morgan fingerprint density at radius 2 is 1.78 bits per heavy atom. The first-order valence-electron chi connectivity index (χ1n) is 4.80. The van der Waals surface area contributed by atoms with E-state index in [0.29, 0.717) is 4.88 Å². The van der Waals surface area contributed by atoms with E-state index in [2.05, 4.69) is 15.9 Å². The summed E-state index contributed by atoms with van der Waals surface area (Å²) < 4.78 is 0.761. The number of aryl methyl sites for hydroxylation is 1. The number of thiophene rings is 1. The molecular weight excluding hydrogens is 326 g/mol. The van der Waals surface area contributed by atoms with Crippen molar-refractivity contribution in [3.63, 3.8) is 0 Å². The van der Waals surface area contributed by atoms with E-state index in [0.717, 1.165) is 25.6 Å². The second-order valence-corrected chi connectivity index (χ2v) is 5.89. The highest BCUT2D eigenvalue weighted by atomic mass is 79.9. The SMILES string of the molecule is Cc1cc(C(=O)N(CC(=O)O)CC(=O)O)sc1Br. The molecule has 0 radical (unpaired) electrons. The maximum Gasteiger partial charge on any atom is 0.323 e. The van der Waals surface area contributed by atoms with Crippen molar-refractivity contribution in [2.75, 3.05) is 13.1 Å². The molecule has 0 aliphatic rings. The summed E-state index contributed by atoms with van der Waals surface area (Å²) >= 11 is 4.39. The predicted molar refractivity (Wildman–Crippen MR) is 67.9 cm³/mol. The molecule has 0 atom stereocenters. The number of carbonyl (C=O) groups excluding carboxylic acids is 1. The zero-order chi connectivity index (χ0) is 13.9. The van der Waals surface area contributed by atoms with Crippen LogP contribution >= 0.6 is 27.3 Å². The number of nitrogens with zero attached hydrogens (tertiary/aromatic N) is 1. The lowest BCUT2D eigenvalue weighted by atomic mass is 10.3. The lowest BCUT2D eigenvalue weighted by Gasteiger charge is -2.17. The Bertz CT molecular complexity index is 463. The van der Waals surface area contributed by atoms with Gasteiger partial charge in [0.25, 0.3) is 5.91 Å². The highest BCUT2D eigenvalue weighted by Crippen LogP contribution is 2.28. The summed E-state index contributed by atoms with van der Waals surface area (Å²) in [6.07, 6.45) is 0. The van der Waals surface area contributed by atoms with E-state index in [1.165, 1.54) is 0 Å². The van der Waals surface area contributed by atoms with Crippen LogP contribution in [0.25, 0.3) is 0 Å². The van der Waals surface area contributed by atoms with E-state index >= 15 is 0 Å². The number of halogens is 1. The van der Waals surface area contributed by atoms with Gasteiger partial charge in [0.05, 0.1) is 8.66 Å². The summed E-state index contributed by atoms with van der Waals surface area (Å²) in [5.41, 5.74) is 0.842. The first kappa shape index (κ1) is 14.7. The number of amides is 1. The van der Waals surface area contributed by atoms with E-state index in [1.54, 1.807) is 13.0 Å². The fourth-order valence-corrected chi connectivity index (χ4v) is 2.75. The summed E-state index contributed by atoms with van der Waals surface area (Å²) in [4.78, 5) is 34.3. The van der Waals surface area contributed by atoms with Crippen LogP contribution in [0.5, 0.6) is 0 Å². The van der Waals surface area contributed by atoms with Gasteiger partial charge < -0.3 is 15.1 Å². The maximum atomic E-state index is 12.0. The Kier molecular flexibility index (Phi) is 4.85. The third-order valence-corrected chi connectivity index (χ3v) is 4.13. The van der Waals surface area contributed by atoms with E-state index in [9.17, 15) is 14.4 Å². The minimum atomic E-state index is -1.25. The maximum absolute atomic E-state index is 12.0. The van der Waals surface area contributed by atoms with Gasteiger partial charge in [0.2, 0.25) is 0 Å². The zero-order valence-electron chi connectivity index (χ0n) is 9.34. The molecule has 1 amide bonds. The first-order chi connectivity index (χ1) is 8.31. The largest absolute Gasteiger partial charge is 0.480 e. The Morgan fingerprint density at radius 3 is 2.11 bits per heavy atom. The summed E-state index contributed by atoms with van der Waals surface area (Å²) in [6, 6.07) is 1.59. The topological polar surface area (TPSA) is 94.9 Å². The normalized spacial score (nSPS) is 10.1. The van der Waals surface area contributed by atoms with Crippen molar-refractivity contribution >= 4 is 45.1 Å². The van der Waals surface area contributed by atoms with Gasteiger partial charge in [-0.1, -0.05) is 0 Å². The molecule has 0 unspecified atom stereocenters. The van der Waals surface area contributed by atoms with Gasteiger partial charge in [-0.05, 0) is 34.5 Å². The molecule has 8 heteroatoms. The highest BCUT2D eigenvalue weighted by molar-refractivity contribution is 9.11. The molecule has 2 N–H and O–H groups in total. The first-order valence-corrected chi connectivity index (χ1v) is 6.41. The minimum absolute atomic E-state index is 0.307. The predicted octanol–water partition coefficient (Wildman–Crippen LogP) is 1.43. The van der Waals surface area contributed by atoms with Crippen LogP contribution in [0.4, 0.5) is 0 Å². The summed E-state index contributed by atoms with van der Waals surface area (Å²) in [5, 5.41) is 17.3. The number of hydrogen-bond donors (Lipinski definition) is 2. The third-order valence-electron chi connectivity index (χ3n) is 2.01. The fourth-order valence-electron chi connectivity index (χ4n) is 1.25. The number of rotatable bonds is 5. The molecule has 0 aliphatic carbocycles. The average molecular weight is 336 g/mol. The van der Waals surface area contributed by atoms with E-state index in [-0.39, 0.29) is 0 Å². The van der Waals surface area contributed by atoms with Gasteiger partial charge in [-0.25, -0.2) is 0 Å². The van der Waals surface area contributed by atoms with Crippen molar-refractivity contribution in [3.8, 4) is 0 Å². The molecule has 1 heterocycles. The molecule has 0 aliphatic heterocycles. The second kappa shape index (κ2) is 5.96. The van der Waals surface area contributed by atoms with Crippen LogP contribution < -0.4 is 0 Å². The van der Waals surface area contributed by atoms with E-state index in [1.807, 2.05) is 0 Å². The van der Waals surface area contributed by atoms with Crippen LogP contribution in [0.2, 0.25) is 0 Å². The van der Waals surface area contributed by atoms with Gasteiger partial charge in [0.1, 0.15) is 13.1 Å². The third kappa shape index (κ3) is 3.81. The number of carboxylic acid groups (broad SMARTS) is 2. The molecule has 18 heavy (non-hydrogen) atoms. The molecular formula is C10H10BrNO5S. The fraction of sp³-hybridized carbons (Fsp3) is 0.300. The Labute approximate surface area is 115 Å². The zero-order valence-corrected chi connectivity index (χ0v) is 11.7. The Morgan fingerprint density at radius 1 is 1.28 bits per heavy atom. The Balaban J connectivity index is 2.94. The van der Waals surface area contributed by atoms with Gasteiger partial charge >= 0.3 is 11.9 Å². The van der Waals surface area contributed by atoms with Crippen molar-refractivity contribution < 1.29 is 24.6 Å².